The smallest absolute Gasteiger partial charge is 0.191 e. The van der Waals surface area contributed by atoms with Crippen LogP contribution in [-0.2, 0) is 14.2 Å². The minimum Gasteiger partial charge on any atom is -0.475 e. The van der Waals surface area contributed by atoms with Crippen LogP contribution in [0.4, 0.5) is 0 Å². The highest BCUT2D eigenvalue weighted by Gasteiger charge is 2.13. The number of hydrogen-bond donors (Lipinski definition) is 0. The quantitative estimate of drug-likeness (QED) is 0.388. The van der Waals surface area contributed by atoms with Crippen LogP contribution in [0.3, 0.4) is 0 Å². The lowest BCUT2D eigenvalue weighted by atomic mass is 10.2. The highest BCUT2D eigenvalue weighted by atomic mass is 16.7. The second-order valence-corrected chi connectivity index (χ2v) is 3.82. The molecule has 1 aliphatic heterocycles. The second kappa shape index (κ2) is 6.85. The molecule has 3 nitrogen and oxygen atoms in total. The maximum absolute atomic E-state index is 5.38. The van der Waals surface area contributed by atoms with Crippen molar-refractivity contribution in [2.24, 2.45) is 5.92 Å². The van der Waals surface area contributed by atoms with E-state index < -0.39 is 0 Å². The van der Waals surface area contributed by atoms with Crippen molar-refractivity contribution >= 4 is 0 Å². The Bertz CT molecular complexity index is 160. The summed E-state index contributed by atoms with van der Waals surface area (Å²) in [5.41, 5.74) is 0. The molecule has 0 saturated carbocycles. The predicted octanol–water partition coefficient (Wildman–Crippen LogP) is 2.67. The first-order valence-electron chi connectivity index (χ1n) is 5.30. The number of hydrogen-bond acceptors (Lipinski definition) is 3. The predicted molar refractivity (Wildman–Crippen MR) is 54.6 cm³/mol. The largest absolute Gasteiger partial charge is 0.475 e. The third-order valence-corrected chi connectivity index (χ3v) is 2.02. The summed E-state index contributed by atoms with van der Waals surface area (Å²) in [6, 6.07) is 0. The maximum atomic E-state index is 5.38. The molecular weight excluding hydrogens is 180 g/mol. The van der Waals surface area contributed by atoms with Gasteiger partial charge in [-0.2, -0.15) is 0 Å². The first-order valence-corrected chi connectivity index (χ1v) is 5.30. The van der Waals surface area contributed by atoms with E-state index in [9.17, 15) is 0 Å². The SMILES string of the molecule is CC(C)C=COCOC1CCCCO1. The first kappa shape index (κ1) is 11.5. The van der Waals surface area contributed by atoms with Crippen molar-refractivity contribution in [3.05, 3.63) is 12.3 Å². The Labute approximate surface area is 86.0 Å². The molecule has 3 heteroatoms. The third kappa shape index (κ3) is 5.25. The summed E-state index contributed by atoms with van der Waals surface area (Å²) in [4.78, 5) is 0. The molecule has 82 valence electrons. The first-order chi connectivity index (χ1) is 6.79. The minimum absolute atomic E-state index is 0.0591. The van der Waals surface area contributed by atoms with Gasteiger partial charge in [0.05, 0.1) is 6.26 Å². The van der Waals surface area contributed by atoms with E-state index in [1.54, 1.807) is 6.26 Å². The minimum atomic E-state index is -0.0591. The van der Waals surface area contributed by atoms with Gasteiger partial charge in [0.25, 0.3) is 0 Å². The van der Waals surface area contributed by atoms with E-state index in [2.05, 4.69) is 13.8 Å². The van der Waals surface area contributed by atoms with Gasteiger partial charge in [0.15, 0.2) is 13.1 Å². The van der Waals surface area contributed by atoms with Crippen molar-refractivity contribution in [1.29, 1.82) is 0 Å². The maximum Gasteiger partial charge on any atom is 0.191 e. The van der Waals surface area contributed by atoms with Gasteiger partial charge in [-0.1, -0.05) is 13.8 Å². The molecule has 1 rings (SSSR count). The molecule has 0 amide bonds. The zero-order chi connectivity index (χ0) is 10.2. The molecule has 0 aromatic heterocycles. The van der Waals surface area contributed by atoms with Gasteiger partial charge in [0, 0.05) is 6.61 Å². The van der Waals surface area contributed by atoms with Crippen molar-refractivity contribution < 1.29 is 14.2 Å². The molecule has 0 bridgehead atoms. The Morgan fingerprint density at radius 1 is 1.43 bits per heavy atom. The standard InChI is InChI=1S/C11H20O3/c1-10(2)6-8-12-9-14-11-5-3-4-7-13-11/h6,8,10-11H,3-5,7,9H2,1-2H3. The topological polar surface area (TPSA) is 27.7 Å². The Hall–Kier alpha value is -0.540. The molecule has 1 atom stereocenters. The van der Waals surface area contributed by atoms with Crippen molar-refractivity contribution in [2.45, 2.75) is 39.4 Å². The van der Waals surface area contributed by atoms with Gasteiger partial charge in [-0.3, -0.25) is 0 Å². The van der Waals surface area contributed by atoms with Gasteiger partial charge in [0.1, 0.15) is 0 Å². The van der Waals surface area contributed by atoms with Gasteiger partial charge in [0.2, 0.25) is 0 Å². The zero-order valence-corrected chi connectivity index (χ0v) is 9.07. The van der Waals surface area contributed by atoms with Crippen molar-refractivity contribution in [3.63, 3.8) is 0 Å². The van der Waals surface area contributed by atoms with Crippen LogP contribution >= 0.6 is 0 Å². The van der Waals surface area contributed by atoms with E-state index in [1.807, 2.05) is 6.08 Å². The Morgan fingerprint density at radius 2 is 2.29 bits per heavy atom. The van der Waals surface area contributed by atoms with Gasteiger partial charge in [-0.15, -0.1) is 0 Å². The number of ether oxygens (including phenoxy) is 3. The molecule has 0 spiro atoms. The fraction of sp³-hybridized carbons (Fsp3) is 0.818. The van der Waals surface area contributed by atoms with Crippen molar-refractivity contribution in [1.82, 2.24) is 0 Å². The lowest BCUT2D eigenvalue weighted by Crippen LogP contribution is -2.22. The fourth-order valence-electron chi connectivity index (χ4n) is 1.21. The van der Waals surface area contributed by atoms with E-state index >= 15 is 0 Å². The molecule has 1 fully saturated rings. The molecule has 0 radical (unpaired) electrons. The van der Waals surface area contributed by atoms with Crippen LogP contribution in [0.5, 0.6) is 0 Å². The summed E-state index contributed by atoms with van der Waals surface area (Å²) in [6.45, 7) is 5.30. The van der Waals surface area contributed by atoms with E-state index in [4.69, 9.17) is 14.2 Å². The Morgan fingerprint density at radius 3 is 2.93 bits per heavy atom. The van der Waals surface area contributed by atoms with E-state index in [1.165, 1.54) is 6.42 Å². The number of allylic oxidation sites excluding steroid dienone is 1. The summed E-state index contributed by atoms with van der Waals surface area (Å²) in [5, 5.41) is 0. The van der Waals surface area contributed by atoms with E-state index in [-0.39, 0.29) is 13.1 Å². The number of rotatable bonds is 5. The van der Waals surface area contributed by atoms with Crippen LogP contribution in [0.2, 0.25) is 0 Å². The van der Waals surface area contributed by atoms with Crippen LogP contribution in [-0.4, -0.2) is 19.7 Å². The van der Waals surface area contributed by atoms with E-state index in [0.717, 1.165) is 19.4 Å². The third-order valence-electron chi connectivity index (χ3n) is 2.02. The molecule has 0 aromatic carbocycles. The normalized spacial score (nSPS) is 23.2. The summed E-state index contributed by atoms with van der Waals surface area (Å²) >= 11 is 0. The van der Waals surface area contributed by atoms with Gasteiger partial charge in [-0.25, -0.2) is 0 Å². The molecule has 1 heterocycles. The fourth-order valence-corrected chi connectivity index (χ4v) is 1.21. The van der Waals surface area contributed by atoms with E-state index in [0.29, 0.717) is 5.92 Å². The molecule has 14 heavy (non-hydrogen) atoms. The summed E-state index contributed by atoms with van der Waals surface area (Å²) < 4.78 is 15.9. The lowest BCUT2D eigenvalue weighted by molar-refractivity contribution is -0.198. The molecule has 1 aliphatic rings. The van der Waals surface area contributed by atoms with Crippen LogP contribution in [0.1, 0.15) is 33.1 Å². The molecule has 1 unspecified atom stereocenters. The highest BCUT2D eigenvalue weighted by molar-refractivity contribution is 4.76. The van der Waals surface area contributed by atoms with Gasteiger partial charge >= 0.3 is 0 Å². The van der Waals surface area contributed by atoms with Crippen molar-refractivity contribution in [2.75, 3.05) is 13.4 Å². The Kier molecular flexibility index (Phi) is 5.64. The molecule has 1 saturated heterocycles. The highest BCUT2D eigenvalue weighted by Crippen LogP contribution is 2.13. The van der Waals surface area contributed by atoms with Crippen LogP contribution in [0.15, 0.2) is 12.3 Å². The molecule has 0 aromatic rings. The molecular formula is C11H20O3. The zero-order valence-electron chi connectivity index (χ0n) is 9.07. The monoisotopic (exact) mass is 200 g/mol. The van der Waals surface area contributed by atoms with Gasteiger partial charge < -0.3 is 14.2 Å². The second-order valence-electron chi connectivity index (χ2n) is 3.82. The summed E-state index contributed by atoms with van der Waals surface area (Å²) in [6.07, 6.45) is 6.94. The lowest BCUT2D eigenvalue weighted by Gasteiger charge is -2.22. The van der Waals surface area contributed by atoms with Gasteiger partial charge in [-0.05, 0) is 31.3 Å². The van der Waals surface area contributed by atoms with Crippen LogP contribution < -0.4 is 0 Å². The Balaban J connectivity index is 1.97. The average molecular weight is 200 g/mol. The van der Waals surface area contributed by atoms with Crippen LogP contribution in [0, 0.1) is 5.92 Å². The average Bonchev–Trinajstić information content (AvgIpc) is 2.18. The summed E-state index contributed by atoms with van der Waals surface area (Å²) in [7, 11) is 0. The summed E-state index contributed by atoms with van der Waals surface area (Å²) in [5.74, 6) is 0.515. The molecule has 0 aliphatic carbocycles. The van der Waals surface area contributed by atoms with Crippen molar-refractivity contribution in [3.8, 4) is 0 Å². The van der Waals surface area contributed by atoms with Crippen LogP contribution in [0.25, 0.3) is 0 Å². The molecule has 0 N–H and O–H groups in total.